The minimum Gasteiger partial charge on any atom is -0.481 e. The third-order valence-electron chi connectivity index (χ3n) is 6.94. The van der Waals surface area contributed by atoms with Crippen molar-refractivity contribution in [1.29, 1.82) is 0 Å². The van der Waals surface area contributed by atoms with Crippen molar-refractivity contribution in [2.75, 3.05) is 13.1 Å². The van der Waals surface area contributed by atoms with Gasteiger partial charge in [-0.15, -0.1) is 0 Å². The number of ketones is 1. The number of hydrogen-bond acceptors (Lipinski definition) is 5. The lowest BCUT2D eigenvalue weighted by atomic mass is 9.86. The molecule has 0 aliphatic heterocycles. The number of aromatic nitrogens is 3. The molecule has 2 fully saturated rings. The number of carbonyl (C=O) groups is 3. The first-order valence-corrected chi connectivity index (χ1v) is 12.7. The number of pyridine rings is 1. The summed E-state index contributed by atoms with van der Waals surface area (Å²) in [6, 6.07) is -0.690. The predicted octanol–water partition coefficient (Wildman–Crippen LogP) is 5.54. The van der Waals surface area contributed by atoms with E-state index in [2.05, 4.69) is 10.1 Å². The molecule has 0 spiro atoms. The molecule has 2 saturated carbocycles. The lowest BCUT2D eigenvalue weighted by molar-refractivity contribution is -0.147. The van der Waals surface area contributed by atoms with Crippen molar-refractivity contribution >= 4 is 40.9 Å². The molecule has 13 heteroatoms. The van der Waals surface area contributed by atoms with E-state index in [9.17, 15) is 32.7 Å². The fourth-order valence-electron chi connectivity index (χ4n) is 4.74. The number of alkyl halides is 3. The van der Waals surface area contributed by atoms with E-state index >= 15 is 0 Å². The highest BCUT2D eigenvalue weighted by Gasteiger charge is 2.43. The monoisotopic (exact) mass is 560 g/mol. The Bertz CT molecular complexity index is 1170. The maximum absolute atomic E-state index is 14.2. The smallest absolute Gasteiger partial charge is 0.433 e. The van der Waals surface area contributed by atoms with Gasteiger partial charge in [-0.1, -0.05) is 36.0 Å². The number of halogens is 5. The summed E-state index contributed by atoms with van der Waals surface area (Å²) in [7, 11) is 0. The summed E-state index contributed by atoms with van der Waals surface area (Å²) in [5, 5.41) is 13.1. The van der Waals surface area contributed by atoms with Crippen LogP contribution in [0.1, 0.15) is 77.4 Å². The predicted molar refractivity (Wildman–Crippen MR) is 128 cm³/mol. The van der Waals surface area contributed by atoms with Gasteiger partial charge in [0.15, 0.2) is 11.5 Å². The topological polar surface area (TPSA) is 105 Å². The molecule has 0 aromatic carbocycles. The van der Waals surface area contributed by atoms with Crippen LogP contribution in [0.3, 0.4) is 0 Å². The number of carboxylic acids is 1. The second kappa shape index (κ2) is 11.0. The first kappa shape index (κ1) is 27.4. The van der Waals surface area contributed by atoms with Crippen molar-refractivity contribution in [3.63, 3.8) is 0 Å². The maximum atomic E-state index is 14.2. The van der Waals surface area contributed by atoms with Crippen LogP contribution in [-0.2, 0) is 11.0 Å². The number of carboxylic acid groups (broad SMARTS) is 1. The van der Waals surface area contributed by atoms with E-state index < -0.39 is 53.6 Å². The minimum absolute atomic E-state index is 0.0205. The van der Waals surface area contributed by atoms with E-state index in [-0.39, 0.29) is 47.8 Å². The number of nitrogens with zero attached hydrogens (tertiary/aromatic N) is 4. The molecule has 2 aliphatic carbocycles. The van der Waals surface area contributed by atoms with Crippen LogP contribution in [0.2, 0.25) is 10.0 Å². The van der Waals surface area contributed by atoms with Crippen LogP contribution in [0.15, 0.2) is 18.6 Å². The molecule has 0 unspecified atom stereocenters. The normalized spacial score (nSPS) is 20.0. The zero-order valence-electron chi connectivity index (χ0n) is 19.7. The van der Waals surface area contributed by atoms with Gasteiger partial charge in [-0.3, -0.25) is 24.0 Å². The van der Waals surface area contributed by atoms with Gasteiger partial charge >= 0.3 is 12.1 Å². The van der Waals surface area contributed by atoms with Crippen LogP contribution in [0.25, 0.3) is 0 Å². The molecule has 0 bridgehead atoms. The summed E-state index contributed by atoms with van der Waals surface area (Å²) in [6.07, 6.45) is 1.73. The molecule has 0 saturated heterocycles. The van der Waals surface area contributed by atoms with Crippen molar-refractivity contribution < 1.29 is 32.7 Å². The molecule has 4 rings (SSSR count). The van der Waals surface area contributed by atoms with Crippen molar-refractivity contribution in [3.05, 3.63) is 45.5 Å². The van der Waals surface area contributed by atoms with E-state index in [1.165, 1.54) is 12.4 Å². The molecule has 37 heavy (non-hydrogen) atoms. The lowest BCUT2D eigenvalue weighted by Gasteiger charge is -2.28. The van der Waals surface area contributed by atoms with Crippen LogP contribution >= 0.6 is 23.2 Å². The minimum atomic E-state index is -4.89. The highest BCUT2D eigenvalue weighted by atomic mass is 35.5. The highest BCUT2D eigenvalue weighted by Crippen LogP contribution is 2.39. The number of Topliss-reactive ketones (excluding diaryl/α,β-unsaturated/α-hetero) is 1. The lowest BCUT2D eigenvalue weighted by Crippen LogP contribution is -2.38. The van der Waals surface area contributed by atoms with E-state index in [1.807, 2.05) is 0 Å². The molecule has 2 heterocycles. The van der Waals surface area contributed by atoms with Crippen molar-refractivity contribution in [2.45, 2.75) is 57.2 Å². The average Bonchev–Trinajstić information content (AvgIpc) is 3.55. The fraction of sp³-hybridized carbons (Fsp3) is 0.542. The summed E-state index contributed by atoms with van der Waals surface area (Å²) >= 11 is 12.2. The summed E-state index contributed by atoms with van der Waals surface area (Å²) < 4.78 is 43.5. The quantitative estimate of drug-likeness (QED) is 0.403. The Hall–Kier alpha value is -2.66. The van der Waals surface area contributed by atoms with Gasteiger partial charge in [0.25, 0.3) is 5.91 Å². The SMILES string of the molecule is O=C(CN(CCC1CC1)C(=O)c1cnn(C2CCC(C(=O)O)CC2)c1C(F)(F)F)c1c(Cl)cncc1Cl. The van der Waals surface area contributed by atoms with Crippen molar-refractivity contribution in [2.24, 2.45) is 11.8 Å². The molecule has 8 nitrogen and oxygen atoms in total. The Balaban J connectivity index is 1.62. The van der Waals surface area contributed by atoms with Gasteiger partial charge in [-0.2, -0.15) is 18.3 Å². The first-order chi connectivity index (χ1) is 17.5. The van der Waals surface area contributed by atoms with E-state index in [1.54, 1.807) is 0 Å². The fourth-order valence-corrected chi connectivity index (χ4v) is 5.32. The number of amides is 1. The largest absolute Gasteiger partial charge is 0.481 e. The summed E-state index contributed by atoms with van der Waals surface area (Å²) in [6.45, 7) is -0.428. The second-order valence-corrected chi connectivity index (χ2v) is 10.4. The summed E-state index contributed by atoms with van der Waals surface area (Å²) in [5.74, 6) is -2.82. The van der Waals surface area contributed by atoms with Gasteiger partial charge in [0.1, 0.15) is 0 Å². The molecule has 1 amide bonds. The Morgan fingerprint density at radius 1 is 1.03 bits per heavy atom. The first-order valence-electron chi connectivity index (χ1n) is 12.0. The molecular weight excluding hydrogens is 536 g/mol. The third kappa shape index (κ3) is 6.26. The van der Waals surface area contributed by atoms with Crippen LogP contribution in [-0.4, -0.2) is 55.5 Å². The number of rotatable bonds is 9. The van der Waals surface area contributed by atoms with Crippen LogP contribution < -0.4 is 0 Å². The second-order valence-electron chi connectivity index (χ2n) is 9.55. The Morgan fingerprint density at radius 2 is 1.65 bits per heavy atom. The Kier molecular flexibility index (Phi) is 8.13. The van der Waals surface area contributed by atoms with Gasteiger partial charge in [0, 0.05) is 18.9 Å². The summed E-state index contributed by atoms with van der Waals surface area (Å²) in [4.78, 5) is 42.6. The van der Waals surface area contributed by atoms with Gasteiger partial charge in [-0.05, 0) is 38.0 Å². The van der Waals surface area contributed by atoms with Gasteiger partial charge < -0.3 is 10.0 Å². The summed E-state index contributed by atoms with van der Waals surface area (Å²) in [5.41, 5.74) is -1.90. The Morgan fingerprint density at radius 3 is 2.19 bits per heavy atom. The molecule has 2 aromatic rings. The highest BCUT2D eigenvalue weighted by molar-refractivity contribution is 6.39. The van der Waals surface area contributed by atoms with E-state index in [4.69, 9.17) is 23.2 Å². The van der Waals surface area contributed by atoms with Crippen LogP contribution in [0, 0.1) is 11.8 Å². The van der Waals surface area contributed by atoms with Gasteiger partial charge in [0.2, 0.25) is 0 Å². The van der Waals surface area contributed by atoms with Gasteiger partial charge in [-0.25, -0.2) is 0 Å². The zero-order valence-corrected chi connectivity index (χ0v) is 21.2. The standard InChI is InChI=1S/C24H25Cl2F3N4O4/c25-17-10-30-11-18(26)20(17)19(34)12-32(8-7-13-1-2-13)22(35)16-9-31-33(21(16)24(27,28)29)15-5-3-14(4-6-15)23(36)37/h9-11,13-15H,1-8,12H2,(H,36,37). The molecule has 200 valence electrons. The molecule has 1 N–H and O–H groups in total. The van der Waals surface area contributed by atoms with E-state index in [0.717, 1.165) is 28.6 Å². The molecule has 0 radical (unpaired) electrons. The molecule has 0 atom stereocenters. The molecular formula is C24H25Cl2F3N4O4. The number of carbonyl (C=O) groups excluding carboxylic acids is 2. The van der Waals surface area contributed by atoms with Crippen LogP contribution in [0.5, 0.6) is 0 Å². The third-order valence-corrected chi connectivity index (χ3v) is 7.52. The Labute approximate surface area is 220 Å². The number of hydrogen-bond donors (Lipinski definition) is 1. The van der Waals surface area contributed by atoms with Crippen LogP contribution in [0.4, 0.5) is 13.2 Å². The van der Waals surface area contributed by atoms with Crippen molar-refractivity contribution in [3.8, 4) is 0 Å². The number of aliphatic carboxylic acids is 1. The zero-order chi connectivity index (χ0) is 26.9. The van der Waals surface area contributed by atoms with E-state index in [0.29, 0.717) is 12.3 Å². The van der Waals surface area contributed by atoms with Crippen molar-refractivity contribution in [1.82, 2.24) is 19.7 Å². The maximum Gasteiger partial charge on any atom is 0.433 e. The average molecular weight is 561 g/mol. The molecule has 2 aliphatic rings. The molecule has 2 aromatic heterocycles. The van der Waals surface area contributed by atoms with Gasteiger partial charge in [0.05, 0.1) is 45.9 Å².